The van der Waals surface area contributed by atoms with E-state index in [1.54, 1.807) is 11.8 Å². The van der Waals surface area contributed by atoms with Gasteiger partial charge in [-0.05, 0) is 36.8 Å². The van der Waals surface area contributed by atoms with Crippen molar-refractivity contribution >= 4 is 58.9 Å². The second-order valence-corrected chi connectivity index (χ2v) is 16.0. The molecular weight excluding hydrogens is 745 g/mol. The minimum Gasteiger partial charge on any atom is -0.463 e. The summed E-state index contributed by atoms with van der Waals surface area (Å²) < 4.78 is 39.7. The molecule has 15 nitrogen and oxygen atoms in total. The van der Waals surface area contributed by atoms with Crippen molar-refractivity contribution in [1.82, 2.24) is 5.32 Å². The van der Waals surface area contributed by atoms with E-state index in [-0.39, 0.29) is 38.0 Å². The Hall–Kier alpha value is -3.01. The number of rotatable bonds is 29. The van der Waals surface area contributed by atoms with Crippen molar-refractivity contribution in [2.45, 2.75) is 135 Å². The average molecular weight is 803 g/mol. The van der Waals surface area contributed by atoms with Crippen LogP contribution < -0.4 is 5.32 Å². The molecule has 0 aliphatic carbocycles. The number of ether oxygens (including phenoxy) is 7. The van der Waals surface area contributed by atoms with Gasteiger partial charge in [0.2, 0.25) is 5.91 Å². The van der Waals surface area contributed by atoms with Gasteiger partial charge >= 0.3 is 17.9 Å². The molecule has 1 heterocycles. The quantitative estimate of drug-likeness (QED) is 0.0464. The van der Waals surface area contributed by atoms with Crippen molar-refractivity contribution in [3.8, 4) is 0 Å². The Bertz CT molecular complexity index is 1280. The first-order valence-electron chi connectivity index (χ1n) is 18.2. The fraction of sp³-hybridized carbons (Fsp3) is 0.757. The molecule has 17 heteroatoms. The maximum absolute atomic E-state index is 12.3. The predicted octanol–water partition coefficient (Wildman–Crippen LogP) is 4.93. The predicted molar refractivity (Wildman–Crippen MR) is 203 cm³/mol. The molecule has 0 bridgehead atoms. The van der Waals surface area contributed by atoms with Gasteiger partial charge in [0.25, 0.3) is 4.87 Å². The van der Waals surface area contributed by atoms with Crippen LogP contribution in [0.3, 0.4) is 0 Å². The Morgan fingerprint density at radius 2 is 1.46 bits per heavy atom. The second-order valence-electron chi connectivity index (χ2n) is 12.8. The highest BCUT2D eigenvalue weighted by atomic mass is 32.2. The van der Waals surface area contributed by atoms with Gasteiger partial charge in [0.1, 0.15) is 31.1 Å². The maximum Gasteiger partial charge on any atom is 0.303 e. The number of carbonyl (C=O) groups excluding carboxylic acids is 6. The number of hydrogen-bond donors (Lipinski definition) is 1. The highest BCUT2D eigenvalue weighted by Crippen LogP contribution is 2.41. The zero-order valence-electron chi connectivity index (χ0n) is 32.5. The molecular formula is C37H58N2O13S2. The van der Waals surface area contributed by atoms with Crippen molar-refractivity contribution < 1.29 is 61.9 Å². The summed E-state index contributed by atoms with van der Waals surface area (Å²) in [6.45, 7) is 21.0. The number of Topliss-reactive ketones (excluding diaryl/α,β-unsaturated/α-hetero) is 2. The van der Waals surface area contributed by atoms with Gasteiger partial charge in [0.15, 0.2) is 24.3 Å². The average Bonchev–Trinajstić information content (AvgIpc) is 3.09. The zero-order chi connectivity index (χ0) is 40.5. The molecule has 0 spiro atoms. The third-order valence-electron chi connectivity index (χ3n) is 7.83. The van der Waals surface area contributed by atoms with Crippen LogP contribution in [0.4, 0.5) is 0 Å². The van der Waals surface area contributed by atoms with Crippen LogP contribution in [-0.2, 0) is 61.9 Å². The minimum atomic E-state index is -1.19. The second kappa shape index (κ2) is 27.6. The van der Waals surface area contributed by atoms with E-state index in [0.29, 0.717) is 58.2 Å². The lowest BCUT2D eigenvalue weighted by Gasteiger charge is -2.44. The van der Waals surface area contributed by atoms with E-state index in [0.717, 1.165) is 22.8 Å². The van der Waals surface area contributed by atoms with E-state index >= 15 is 0 Å². The summed E-state index contributed by atoms with van der Waals surface area (Å²) in [5.74, 6) is -1.47. The van der Waals surface area contributed by atoms with E-state index in [9.17, 15) is 28.8 Å². The van der Waals surface area contributed by atoms with Crippen LogP contribution in [0, 0.1) is 6.57 Å². The largest absolute Gasteiger partial charge is 0.463 e. The summed E-state index contributed by atoms with van der Waals surface area (Å²) >= 11 is 3.03. The van der Waals surface area contributed by atoms with Crippen molar-refractivity contribution in [2.75, 3.05) is 45.4 Å². The van der Waals surface area contributed by atoms with Gasteiger partial charge in [-0.2, -0.15) is 0 Å². The van der Waals surface area contributed by atoms with Crippen LogP contribution in [0.1, 0.15) is 99.3 Å². The molecule has 1 amide bonds. The summed E-state index contributed by atoms with van der Waals surface area (Å²) in [6, 6.07) is -1.03. The first kappa shape index (κ1) is 49.0. The van der Waals surface area contributed by atoms with Crippen LogP contribution >= 0.6 is 23.5 Å². The molecule has 0 radical (unpaired) electrons. The van der Waals surface area contributed by atoms with Crippen molar-refractivity contribution in [2.24, 2.45) is 0 Å². The first-order chi connectivity index (χ1) is 25.6. The molecule has 0 aromatic carbocycles. The summed E-state index contributed by atoms with van der Waals surface area (Å²) in [5.41, 5.74) is 0. The molecule has 0 saturated carbocycles. The molecule has 6 atom stereocenters. The Kier molecular flexibility index (Phi) is 25.0. The van der Waals surface area contributed by atoms with Crippen LogP contribution in [0.25, 0.3) is 4.85 Å². The van der Waals surface area contributed by atoms with E-state index in [4.69, 9.17) is 39.7 Å². The molecule has 54 heavy (non-hydrogen) atoms. The lowest BCUT2D eigenvalue weighted by molar-refractivity contribution is -0.277. The lowest BCUT2D eigenvalue weighted by Crippen LogP contribution is -2.66. The number of hydrogen-bond acceptors (Lipinski definition) is 15. The monoisotopic (exact) mass is 802 g/mol. The van der Waals surface area contributed by atoms with Gasteiger partial charge in [-0.15, -0.1) is 11.8 Å². The van der Waals surface area contributed by atoms with Crippen LogP contribution in [0.15, 0.2) is 10.8 Å². The molecule has 0 aromatic heterocycles. The fourth-order valence-corrected chi connectivity index (χ4v) is 7.51. The number of amides is 1. The summed E-state index contributed by atoms with van der Waals surface area (Å²) in [7, 11) is 0. The molecule has 1 rings (SSSR count). The minimum absolute atomic E-state index is 0.0120. The van der Waals surface area contributed by atoms with E-state index in [1.807, 2.05) is 13.8 Å². The Morgan fingerprint density at radius 1 is 0.815 bits per heavy atom. The molecule has 0 aromatic rings. The zero-order valence-corrected chi connectivity index (χ0v) is 34.1. The molecule has 1 aliphatic heterocycles. The molecule has 1 saturated heterocycles. The number of unbranched alkanes of at least 4 members (excludes halogenated alkanes) is 3. The summed E-state index contributed by atoms with van der Waals surface area (Å²) in [6.07, 6.45) is 0.324. The standard InChI is InChI=1S/C37H58N2O13S2/c1-9-53-29(6)54-37(7,38-8)18-17-30(44)16-14-19-46-21-22-47-23-31(45)15-12-10-11-13-20-48-36-33(39-25(2)40)35(51-28(5)43)34(50-27(4)42)32(52-36)24-49-26(3)41/h32-36H,6,9-24H2,1-5,7H3,(H,39,40)/t32-,33-,34+,35-,36-,37?/m1/s1. The van der Waals surface area contributed by atoms with Crippen LogP contribution in [0.5, 0.6) is 0 Å². The normalized spacial score (nSPS) is 20.5. The van der Waals surface area contributed by atoms with E-state index in [2.05, 4.69) is 16.7 Å². The topological polar surface area (TPSA) is 183 Å². The van der Waals surface area contributed by atoms with Gasteiger partial charge in [-0.3, -0.25) is 33.6 Å². The number of nitrogens with zero attached hydrogens (tertiary/aromatic N) is 1. The van der Waals surface area contributed by atoms with Gasteiger partial charge in [-0.1, -0.05) is 26.3 Å². The van der Waals surface area contributed by atoms with Gasteiger partial charge in [0.05, 0.1) is 13.2 Å². The molecule has 1 N–H and O–H groups in total. The lowest BCUT2D eigenvalue weighted by atomic mass is 9.96. The summed E-state index contributed by atoms with van der Waals surface area (Å²) in [4.78, 5) is 75.0. The fourth-order valence-electron chi connectivity index (χ4n) is 5.32. The number of ketones is 2. The Balaban J connectivity index is 2.34. The van der Waals surface area contributed by atoms with E-state index in [1.165, 1.54) is 39.5 Å². The number of carbonyl (C=O) groups is 6. The van der Waals surface area contributed by atoms with Crippen molar-refractivity contribution in [3.63, 3.8) is 0 Å². The maximum atomic E-state index is 12.3. The number of nitrogens with one attached hydrogen (secondary N) is 1. The van der Waals surface area contributed by atoms with Gasteiger partial charge < -0.3 is 38.5 Å². The van der Waals surface area contributed by atoms with Gasteiger partial charge in [0, 0.05) is 77.8 Å². The Morgan fingerprint density at radius 3 is 2.09 bits per heavy atom. The number of esters is 3. The van der Waals surface area contributed by atoms with Crippen LogP contribution in [-0.4, -0.2) is 116 Å². The Labute approximate surface area is 327 Å². The van der Waals surface area contributed by atoms with Crippen molar-refractivity contribution in [3.05, 3.63) is 22.2 Å². The first-order valence-corrected chi connectivity index (χ1v) is 20.0. The third kappa shape index (κ3) is 21.8. The summed E-state index contributed by atoms with van der Waals surface area (Å²) in [5, 5.41) is 2.66. The molecule has 1 unspecified atom stereocenters. The third-order valence-corrected chi connectivity index (χ3v) is 10.0. The number of thioether (sulfide) groups is 2. The molecule has 1 fully saturated rings. The van der Waals surface area contributed by atoms with Gasteiger partial charge in [-0.25, -0.2) is 6.57 Å². The molecule has 306 valence electrons. The highest BCUT2D eigenvalue weighted by Gasteiger charge is 2.51. The van der Waals surface area contributed by atoms with E-state index < -0.39 is 59.3 Å². The van der Waals surface area contributed by atoms with Crippen LogP contribution in [0.2, 0.25) is 0 Å². The smallest absolute Gasteiger partial charge is 0.303 e. The molecule has 1 aliphatic rings. The van der Waals surface area contributed by atoms with Crippen molar-refractivity contribution in [1.29, 1.82) is 0 Å². The highest BCUT2D eigenvalue weighted by molar-refractivity contribution is 8.22. The SMILES string of the molecule is [C-]#[N+]C(C)(CCC(=O)CCCOCCOCC(=O)CCCCCCO[C@@H]1O[C@H](COC(C)=O)[C@H](OC(C)=O)[C@H](OC(C)=O)[C@H]1NC(C)=O)SC(=C)SCC.